The fraction of sp³-hybridized carbons (Fsp3) is 0.500. The van der Waals surface area contributed by atoms with Gasteiger partial charge in [0.25, 0.3) is 0 Å². The Bertz CT molecular complexity index is 711. The lowest BCUT2D eigenvalue weighted by molar-refractivity contribution is 0.239. The van der Waals surface area contributed by atoms with E-state index in [4.69, 9.17) is 4.74 Å². The number of carbonyl (C=O) groups excluding carboxylic acids is 1. The molecule has 1 aliphatic carbocycles. The molecule has 1 aromatic carbocycles. The number of nitrogens with zero attached hydrogens (tertiary/aromatic N) is 2. The summed E-state index contributed by atoms with van der Waals surface area (Å²) in [5.41, 5.74) is 1.10. The summed E-state index contributed by atoms with van der Waals surface area (Å²) in [4.78, 5) is 12.1. The molecular weight excluding hydrogens is 336 g/mol. The number of hydrogen-bond donors (Lipinski definition) is 2. The number of anilines is 1. The monoisotopic (exact) mass is 360 g/mol. The van der Waals surface area contributed by atoms with Gasteiger partial charge in [-0.25, -0.2) is 4.79 Å². The first-order chi connectivity index (χ1) is 12.1. The van der Waals surface area contributed by atoms with Gasteiger partial charge in [0.2, 0.25) is 5.13 Å². The van der Waals surface area contributed by atoms with Gasteiger partial charge >= 0.3 is 6.03 Å². The molecule has 0 aliphatic heterocycles. The summed E-state index contributed by atoms with van der Waals surface area (Å²) in [6.45, 7) is 2.27. The molecule has 0 unspecified atom stereocenters. The van der Waals surface area contributed by atoms with Gasteiger partial charge in [-0.2, -0.15) is 0 Å². The smallest absolute Gasteiger partial charge is 0.321 e. The van der Waals surface area contributed by atoms with Crippen molar-refractivity contribution in [3.8, 4) is 5.75 Å². The van der Waals surface area contributed by atoms with Gasteiger partial charge in [0.05, 0.1) is 7.11 Å². The summed E-state index contributed by atoms with van der Waals surface area (Å²) in [5, 5.41) is 15.4. The molecule has 1 heterocycles. The highest BCUT2D eigenvalue weighted by Crippen LogP contribution is 2.24. The van der Waals surface area contributed by atoms with Gasteiger partial charge in [-0.3, -0.25) is 5.32 Å². The van der Waals surface area contributed by atoms with Crippen molar-refractivity contribution in [3.05, 3.63) is 34.8 Å². The van der Waals surface area contributed by atoms with Crippen LogP contribution in [0.4, 0.5) is 9.93 Å². The first kappa shape index (κ1) is 17.7. The first-order valence-electron chi connectivity index (χ1n) is 8.65. The number of aromatic nitrogens is 2. The quantitative estimate of drug-likeness (QED) is 0.849. The Kier molecular flexibility index (Phi) is 5.86. The van der Waals surface area contributed by atoms with Crippen LogP contribution in [0.5, 0.6) is 5.75 Å². The van der Waals surface area contributed by atoms with Gasteiger partial charge in [0.15, 0.2) is 0 Å². The standard InChI is InChI=1S/C18H24N4O2S/c1-12-6-8-14(9-7-12)19-17(23)20-18-22-21-16(25-18)11-13-4-3-5-15(10-13)24-2/h3-5,10,12,14H,6-9,11H2,1-2H3,(H2,19,20,22,23). The SMILES string of the molecule is COc1cccc(Cc2nnc(NC(=O)NC3CCC(C)CC3)s2)c1. The number of methoxy groups -OCH3 is 1. The summed E-state index contributed by atoms with van der Waals surface area (Å²) in [6, 6.07) is 7.93. The van der Waals surface area contributed by atoms with E-state index in [1.165, 1.54) is 24.2 Å². The third kappa shape index (κ3) is 5.16. The van der Waals surface area contributed by atoms with E-state index in [-0.39, 0.29) is 12.1 Å². The molecule has 1 aliphatic rings. The van der Waals surface area contributed by atoms with Crippen LogP contribution in [0.15, 0.2) is 24.3 Å². The minimum absolute atomic E-state index is 0.191. The topological polar surface area (TPSA) is 76.1 Å². The van der Waals surface area contributed by atoms with E-state index in [0.29, 0.717) is 11.6 Å². The number of nitrogens with one attached hydrogen (secondary N) is 2. The molecule has 25 heavy (non-hydrogen) atoms. The van der Waals surface area contributed by atoms with Gasteiger partial charge in [-0.05, 0) is 49.3 Å². The number of amides is 2. The molecular formula is C18H24N4O2S. The van der Waals surface area contributed by atoms with Crippen molar-refractivity contribution in [1.82, 2.24) is 15.5 Å². The second-order valence-corrected chi connectivity index (χ2v) is 7.65. The van der Waals surface area contributed by atoms with Crippen LogP contribution in [0.25, 0.3) is 0 Å². The van der Waals surface area contributed by atoms with Crippen molar-refractivity contribution < 1.29 is 9.53 Å². The average Bonchev–Trinajstić information content (AvgIpc) is 3.04. The Balaban J connectivity index is 1.51. The van der Waals surface area contributed by atoms with Crippen molar-refractivity contribution in [2.75, 3.05) is 12.4 Å². The Hall–Kier alpha value is -2.15. The lowest BCUT2D eigenvalue weighted by atomic mass is 9.87. The minimum atomic E-state index is -0.191. The summed E-state index contributed by atoms with van der Waals surface area (Å²) in [6.07, 6.45) is 5.11. The third-order valence-corrected chi connectivity index (χ3v) is 5.37. The molecule has 0 spiro atoms. The van der Waals surface area contributed by atoms with E-state index in [9.17, 15) is 4.79 Å². The molecule has 1 aromatic heterocycles. The number of ether oxygens (including phenoxy) is 1. The number of rotatable bonds is 5. The number of carbonyl (C=O) groups is 1. The molecule has 6 nitrogen and oxygen atoms in total. The van der Waals surface area contributed by atoms with Crippen LogP contribution < -0.4 is 15.4 Å². The van der Waals surface area contributed by atoms with E-state index in [2.05, 4.69) is 27.8 Å². The lowest BCUT2D eigenvalue weighted by Gasteiger charge is -2.26. The second-order valence-electron chi connectivity index (χ2n) is 6.58. The molecule has 2 N–H and O–H groups in total. The van der Waals surface area contributed by atoms with Gasteiger partial charge < -0.3 is 10.1 Å². The molecule has 0 bridgehead atoms. The van der Waals surface area contributed by atoms with Crippen LogP contribution in [0.1, 0.15) is 43.2 Å². The fourth-order valence-electron chi connectivity index (χ4n) is 3.06. The van der Waals surface area contributed by atoms with Crippen molar-refractivity contribution in [3.63, 3.8) is 0 Å². The lowest BCUT2D eigenvalue weighted by Crippen LogP contribution is -2.39. The van der Waals surface area contributed by atoms with Crippen molar-refractivity contribution in [1.29, 1.82) is 0 Å². The third-order valence-electron chi connectivity index (χ3n) is 4.53. The van der Waals surface area contributed by atoms with Crippen LogP contribution in [-0.2, 0) is 6.42 Å². The predicted molar refractivity (Wildman–Crippen MR) is 99.3 cm³/mol. The molecule has 1 fully saturated rings. The number of hydrogen-bond acceptors (Lipinski definition) is 5. The Morgan fingerprint density at radius 1 is 1.28 bits per heavy atom. The van der Waals surface area contributed by atoms with E-state index in [0.717, 1.165) is 35.1 Å². The summed E-state index contributed by atoms with van der Waals surface area (Å²) >= 11 is 1.40. The maximum Gasteiger partial charge on any atom is 0.321 e. The molecule has 0 radical (unpaired) electrons. The van der Waals surface area contributed by atoms with E-state index < -0.39 is 0 Å². The molecule has 0 saturated heterocycles. The predicted octanol–water partition coefficient (Wildman–Crippen LogP) is 3.84. The van der Waals surface area contributed by atoms with E-state index in [1.807, 2.05) is 24.3 Å². The van der Waals surface area contributed by atoms with Gasteiger partial charge in [0, 0.05) is 12.5 Å². The normalized spacial score (nSPS) is 20.1. The largest absolute Gasteiger partial charge is 0.497 e. The molecule has 2 amide bonds. The molecule has 2 aromatic rings. The minimum Gasteiger partial charge on any atom is -0.497 e. The molecule has 7 heteroatoms. The van der Waals surface area contributed by atoms with Crippen LogP contribution in [0, 0.1) is 5.92 Å². The molecule has 1 saturated carbocycles. The Morgan fingerprint density at radius 2 is 2.08 bits per heavy atom. The zero-order chi connectivity index (χ0) is 17.6. The highest BCUT2D eigenvalue weighted by atomic mass is 32.1. The Labute approximate surface area is 152 Å². The molecule has 134 valence electrons. The zero-order valence-corrected chi connectivity index (χ0v) is 15.4. The highest BCUT2D eigenvalue weighted by Gasteiger charge is 2.20. The maximum atomic E-state index is 12.1. The van der Waals surface area contributed by atoms with E-state index in [1.54, 1.807) is 7.11 Å². The van der Waals surface area contributed by atoms with Crippen LogP contribution in [0.3, 0.4) is 0 Å². The van der Waals surface area contributed by atoms with E-state index >= 15 is 0 Å². The van der Waals surface area contributed by atoms with Crippen LogP contribution in [0.2, 0.25) is 0 Å². The van der Waals surface area contributed by atoms with Gasteiger partial charge in [-0.1, -0.05) is 30.4 Å². The number of urea groups is 1. The summed E-state index contributed by atoms with van der Waals surface area (Å²) in [5.74, 6) is 1.59. The fourth-order valence-corrected chi connectivity index (χ4v) is 3.82. The van der Waals surface area contributed by atoms with Crippen LogP contribution in [-0.4, -0.2) is 29.4 Å². The van der Waals surface area contributed by atoms with Crippen molar-refractivity contribution in [2.45, 2.75) is 45.1 Å². The second kappa shape index (κ2) is 8.29. The average molecular weight is 360 g/mol. The van der Waals surface area contributed by atoms with Gasteiger partial charge in [0.1, 0.15) is 10.8 Å². The molecule has 3 rings (SSSR count). The summed E-state index contributed by atoms with van der Waals surface area (Å²) < 4.78 is 5.23. The summed E-state index contributed by atoms with van der Waals surface area (Å²) in [7, 11) is 1.65. The Morgan fingerprint density at radius 3 is 2.84 bits per heavy atom. The maximum absolute atomic E-state index is 12.1. The zero-order valence-electron chi connectivity index (χ0n) is 14.6. The van der Waals surface area contributed by atoms with Gasteiger partial charge in [-0.15, -0.1) is 10.2 Å². The van der Waals surface area contributed by atoms with Crippen LogP contribution >= 0.6 is 11.3 Å². The highest BCUT2D eigenvalue weighted by molar-refractivity contribution is 7.15. The molecule has 0 atom stereocenters. The number of benzene rings is 1. The first-order valence-corrected chi connectivity index (χ1v) is 9.47. The van der Waals surface area contributed by atoms with Crippen molar-refractivity contribution >= 4 is 22.5 Å². The van der Waals surface area contributed by atoms with Crippen molar-refractivity contribution in [2.24, 2.45) is 5.92 Å².